The van der Waals surface area contributed by atoms with Crippen molar-refractivity contribution in [3.63, 3.8) is 0 Å². The highest BCUT2D eigenvalue weighted by Crippen LogP contribution is 2.48. The number of ketones is 1. The van der Waals surface area contributed by atoms with Crippen LogP contribution < -0.4 is 16.7 Å². The van der Waals surface area contributed by atoms with E-state index in [9.17, 15) is 28.0 Å². The van der Waals surface area contributed by atoms with Gasteiger partial charge in [0.25, 0.3) is 10.1 Å². The zero-order valence-corrected chi connectivity index (χ0v) is 28.5. The van der Waals surface area contributed by atoms with Gasteiger partial charge >= 0.3 is 0 Å². The Hall–Kier alpha value is -3.42. The lowest BCUT2D eigenvalue weighted by atomic mass is 9.61. The van der Waals surface area contributed by atoms with Crippen LogP contribution in [0.25, 0.3) is 6.08 Å². The van der Waals surface area contributed by atoms with Gasteiger partial charge in [-0.2, -0.15) is 8.42 Å². The van der Waals surface area contributed by atoms with E-state index in [-0.39, 0.29) is 28.9 Å². The number of likely N-dealkylation sites (tertiary alicyclic amines) is 1. The van der Waals surface area contributed by atoms with E-state index in [1.54, 1.807) is 17.6 Å². The average Bonchev–Trinajstić information content (AvgIpc) is 3.31. The molecule has 6 N–H and O–H groups in total. The molecule has 4 atom stereocenters. The van der Waals surface area contributed by atoms with Gasteiger partial charge in [0.2, 0.25) is 11.8 Å². The summed E-state index contributed by atoms with van der Waals surface area (Å²) in [5.41, 5.74) is 3.31. The largest absolute Gasteiger partial charge is 0.296 e. The predicted molar refractivity (Wildman–Crippen MR) is 178 cm³/mol. The first-order valence-corrected chi connectivity index (χ1v) is 17.0. The summed E-state index contributed by atoms with van der Waals surface area (Å²) in [7, 11) is -2.19. The van der Waals surface area contributed by atoms with E-state index in [1.807, 2.05) is 89.1 Å². The molecule has 0 aromatic heterocycles. The maximum absolute atomic E-state index is 14.7. The molecule has 11 nitrogen and oxygen atoms in total. The van der Waals surface area contributed by atoms with Crippen molar-refractivity contribution in [1.82, 2.24) is 15.8 Å². The maximum Gasteiger partial charge on any atom is 0.294 e. The second kappa shape index (κ2) is 16.9. The van der Waals surface area contributed by atoms with E-state index in [4.69, 9.17) is 10.4 Å². The molecule has 2 amide bonds. The van der Waals surface area contributed by atoms with Gasteiger partial charge in [0.05, 0.1) is 16.4 Å². The van der Waals surface area contributed by atoms with Crippen molar-refractivity contribution < 1.29 is 32.6 Å². The molecule has 1 aliphatic rings. The topological polar surface area (TPSA) is 179 Å². The number of allylic oxidation sites excluding steroid dienone is 1. The molecule has 0 saturated carbocycles. The lowest BCUT2D eigenvalue weighted by Gasteiger charge is -2.46. The Morgan fingerprint density at radius 1 is 1.13 bits per heavy atom. The van der Waals surface area contributed by atoms with Gasteiger partial charge in [-0.05, 0) is 69.2 Å². The molecule has 2 unspecified atom stereocenters. The van der Waals surface area contributed by atoms with Gasteiger partial charge in [0.1, 0.15) is 5.41 Å². The number of carbonyl (C=O) groups excluding carboxylic acids is 3. The molecule has 0 bridgehead atoms. The number of nitrogens with one attached hydrogen (secondary N) is 2. The van der Waals surface area contributed by atoms with E-state index < -0.39 is 38.8 Å². The molecule has 1 aliphatic heterocycles. The van der Waals surface area contributed by atoms with E-state index in [0.29, 0.717) is 32.2 Å². The number of rotatable bonds is 13. The maximum atomic E-state index is 14.7. The fourth-order valence-electron chi connectivity index (χ4n) is 6.72. The van der Waals surface area contributed by atoms with Gasteiger partial charge in [0, 0.05) is 6.54 Å². The normalized spacial score (nSPS) is 20.4. The van der Waals surface area contributed by atoms with E-state index in [1.165, 1.54) is 12.1 Å². The molecule has 46 heavy (non-hydrogen) atoms. The van der Waals surface area contributed by atoms with Crippen molar-refractivity contribution in [3.05, 3.63) is 71.8 Å². The Balaban J connectivity index is 0.000000562. The van der Waals surface area contributed by atoms with Crippen LogP contribution in [0.3, 0.4) is 0 Å². The van der Waals surface area contributed by atoms with Gasteiger partial charge in [-0.15, -0.1) is 0 Å². The van der Waals surface area contributed by atoms with Crippen molar-refractivity contribution >= 4 is 33.8 Å². The van der Waals surface area contributed by atoms with Crippen LogP contribution in [0.2, 0.25) is 0 Å². The number of hydrazine groups is 1. The summed E-state index contributed by atoms with van der Waals surface area (Å²) in [6, 6.07) is 15.6. The number of nitrogens with zero attached hydrogens (tertiary/aromatic N) is 1. The molecule has 0 radical (unpaired) electrons. The second-order valence-corrected chi connectivity index (χ2v) is 14.1. The molecule has 1 fully saturated rings. The molecule has 2 aromatic rings. The van der Waals surface area contributed by atoms with Crippen LogP contribution in [-0.4, -0.2) is 59.8 Å². The number of carbonyl (C=O) groups is 3. The quantitative estimate of drug-likeness (QED) is 0.0515. The standard InChI is InChI=1S/C27H42N4O4.C7H8O3S/c1-6-15-26(16-19(2)3,25(34)29-28)24(33)27(17-20(4)18-31(27)5)22(23(32)30-35)14-10-13-21-11-8-7-9-12-21;1-6-2-4-7(5-3-6)11(8,9)10/h7-13,19-20,22,35H,6,14-18,28H2,1-5H3,(H,29,34)(H,30,32);2-5H,1H3,(H,8,9,10)/b13-10+;/t20?,22-,26?,27-;/m1./s1. The monoisotopic (exact) mass is 658 g/mol. The van der Waals surface area contributed by atoms with E-state index in [0.717, 1.165) is 11.1 Å². The van der Waals surface area contributed by atoms with Crippen LogP contribution in [0, 0.1) is 30.1 Å². The van der Waals surface area contributed by atoms with E-state index >= 15 is 0 Å². The zero-order chi connectivity index (χ0) is 34.7. The third-order valence-corrected chi connectivity index (χ3v) is 9.42. The van der Waals surface area contributed by atoms with Crippen LogP contribution >= 0.6 is 0 Å². The molecule has 12 heteroatoms. The summed E-state index contributed by atoms with van der Waals surface area (Å²) in [5, 5.41) is 9.68. The minimum Gasteiger partial charge on any atom is -0.296 e. The molecule has 254 valence electrons. The van der Waals surface area contributed by atoms with Crippen LogP contribution in [-0.2, 0) is 24.5 Å². The molecule has 1 heterocycles. The van der Waals surface area contributed by atoms with Gasteiger partial charge in [-0.3, -0.25) is 34.5 Å². The van der Waals surface area contributed by atoms with Crippen molar-refractivity contribution in [2.45, 2.75) is 77.2 Å². The van der Waals surface area contributed by atoms with Crippen molar-refractivity contribution in [1.29, 1.82) is 0 Å². The van der Waals surface area contributed by atoms with Crippen LogP contribution in [0.15, 0.2) is 65.6 Å². The number of Topliss-reactive ketones (excluding diaryl/α,β-unsaturated/α-hetero) is 1. The average molecular weight is 659 g/mol. The third-order valence-electron chi connectivity index (χ3n) is 8.56. The first-order chi connectivity index (χ1) is 21.6. The number of amides is 2. The lowest BCUT2D eigenvalue weighted by molar-refractivity contribution is -0.158. The first kappa shape index (κ1) is 38.8. The zero-order valence-electron chi connectivity index (χ0n) is 27.7. The van der Waals surface area contributed by atoms with Gasteiger partial charge in [-0.25, -0.2) is 11.3 Å². The fraction of sp³-hybridized carbons (Fsp3) is 0.500. The van der Waals surface area contributed by atoms with Crippen molar-refractivity contribution in [3.8, 4) is 0 Å². The van der Waals surface area contributed by atoms with Crippen LogP contribution in [0.1, 0.15) is 70.9 Å². The Labute approximate surface area is 273 Å². The van der Waals surface area contributed by atoms with Gasteiger partial charge in [-0.1, -0.05) is 94.3 Å². The summed E-state index contributed by atoms with van der Waals surface area (Å²) in [6.07, 6.45) is 5.62. The Kier molecular flexibility index (Phi) is 14.3. The molecule has 2 aromatic carbocycles. The first-order valence-electron chi connectivity index (χ1n) is 15.6. The Morgan fingerprint density at radius 2 is 1.74 bits per heavy atom. The highest BCUT2D eigenvalue weighted by Gasteiger charge is 2.62. The molecular formula is C34H50N4O7S. The highest BCUT2D eigenvalue weighted by molar-refractivity contribution is 7.85. The van der Waals surface area contributed by atoms with Crippen LogP contribution in [0.5, 0.6) is 0 Å². The third kappa shape index (κ3) is 9.32. The van der Waals surface area contributed by atoms with Crippen molar-refractivity contribution in [2.75, 3.05) is 13.6 Å². The van der Waals surface area contributed by atoms with Gasteiger partial charge < -0.3 is 0 Å². The number of nitrogens with two attached hydrogens (primary N) is 1. The molecule has 0 spiro atoms. The minimum atomic E-state index is -4.02. The summed E-state index contributed by atoms with van der Waals surface area (Å²) >= 11 is 0. The molecular weight excluding hydrogens is 608 g/mol. The number of hydroxylamine groups is 1. The number of hydrogen-bond donors (Lipinski definition) is 5. The number of hydrogen-bond acceptors (Lipinski definition) is 8. The minimum absolute atomic E-state index is 0.0482. The smallest absolute Gasteiger partial charge is 0.294 e. The summed E-state index contributed by atoms with van der Waals surface area (Å²) in [5.74, 6) is 3.43. The Bertz CT molecular complexity index is 1450. The highest BCUT2D eigenvalue weighted by atomic mass is 32.2. The number of benzene rings is 2. The van der Waals surface area contributed by atoms with Gasteiger partial charge in [0.15, 0.2) is 5.78 Å². The lowest BCUT2D eigenvalue weighted by Crippen LogP contribution is -2.65. The molecule has 3 rings (SSSR count). The van der Waals surface area contributed by atoms with E-state index in [2.05, 4.69) is 5.43 Å². The van der Waals surface area contributed by atoms with Crippen molar-refractivity contribution in [2.24, 2.45) is 29.0 Å². The van der Waals surface area contributed by atoms with Crippen LogP contribution in [0.4, 0.5) is 0 Å². The number of likely N-dealkylation sites (N-methyl/N-ethyl adjacent to an activating group) is 1. The predicted octanol–water partition coefficient (Wildman–Crippen LogP) is 4.56. The molecule has 0 aliphatic carbocycles. The summed E-state index contributed by atoms with van der Waals surface area (Å²) < 4.78 is 29.6. The SMILES string of the molecule is CCCC(CC(C)C)(C(=O)NN)C(=O)[C@]1([C@H](C/C=C/c2ccccc2)C(=O)NO)CC(C)CN1C.Cc1ccc(S(=O)(=O)O)cc1. The summed E-state index contributed by atoms with van der Waals surface area (Å²) in [6.45, 7) is 10.3. The number of aryl methyl sites for hydroxylation is 1. The summed E-state index contributed by atoms with van der Waals surface area (Å²) in [4.78, 5) is 43.0. The second-order valence-electron chi connectivity index (χ2n) is 12.7. The fourth-order valence-corrected chi connectivity index (χ4v) is 7.20. The Morgan fingerprint density at radius 3 is 2.20 bits per heavy atom. The molecule has 1 saturated heterocycles.